The summed E-state index contributed by atoms with van der Waals surface area (Å²) in [6.07, 6.45) is 3.10. The van der Waals surface area contributed by atoms with Crippen molar-refractivity contribution in [3.05, 3.63) is 47.1 Å². The lowest BCUT2D eigenvalue weighted by Gasteiger charge is -2.05. The van der Waals surface area contributed by atoms with Gasteiger partial charge in [-0.15, -0.1) is 0 Å². The van der Waals surface area contributed by atoms with Gasteiger partial charge < -0.3 is 14.8 Å². The third-order valence-corrected chi connectivity index (χ3v) is 2.11. The number of aromatic nitrogens is 2. The van der Waals surface area contributed by atoms with Crippen LogP contribution < -0.4 is 10.4 Å². The molecule has 1 heterocycles. The van der Waals surface area contributed by atoms with E-state index in [1.54, 1.807) is 30.5 Å². The highest BCUT2D eigenvalue weighted by Gasteiger charge is 2.03. The molecule has 6 nitrogen and oxygen atoms in total. The fraction of sp³-hybridized carbons (Fsp3) is 0.0909. The molecular formula is C11H10N2O4. The van der Waals surface area contributed by atoms with E-state index >= 15 is 0 Å². The number of ether oxygens (including phenoxy) is 1. The van der Waals surface area contributed by atoms with Crippen LogP contribution in [-0.4, -0.2) is 27.2 Å². The van der Waals surface area contributed by atoms with Gasteiger partial charge in [0.15, 0.2) is 6.61 Å². The number of carboxylic acid groups (broad SMARTS) is 1. The molecule has 0 aliphatic rings. The summed E-state index contributed by atoms with van der Waals surface area (Å²) >= 11 is 0. The van der Waals surface area contributed by atoms with Crippen molar-refractivity contribution in [1.29, 1.82) is 0 Å². The molecule has 0 amide bonds. The molecule has 0 unspecified atom stereocenters. The Morgan fingerprint density at radius 2 is 2.29 bits per heavy atom. The van der Waals surface area contributed by atoms with Gasteiger partial charge in [-0.05, 0) is 12.1 Å². The third kappa shape index (κ3) is 2.54. The number of carbonyl (C=O) groups is 1. The van der Waals surface area contributed by atoms with Gasteiger partial charge in [0, 0.05) is 18.5 Å². The number of hydrogen-bond acceptors (Lipinski definition) is 3. The molecular weight excluding hydrogens is 224 g/mol. The maximum absolute atomic E-state index is 11.4. The van der Waals surface area contributed by atoms with Crippen LogP contribution in [0.1, 0.15) is 0 Å². The number of hydrogen-bond donors (Lipinski definition) is 2. The molecule has 0 saturated carbocycles. The van der Waals surface area contributed by atoms with Gasteiger partial charge in [-0.3, -0.25) is 4.57 Å². The van der Waals surface area contributed by atoms with E-state index in [0.29, 0.717) is 11.4 Å². The standard InChI is InChI=1S/C11H10N2O4/c14-10(15)7-17-9-3-1-2-8(6-9)13-5-4-12-11(13)16/h1-6H,7H2,(H,12,16)(H,14,15). The number of nitrogens with one attached hydrogen (secondary N) is 1. The number of benzene rings is 1. The lowest BCUT2D eigenvalue weighted by molar-refractivity contribution is -0.139. The molecule has 2 rings (SSSR count). The molecule has 0 saturated heterocycles. The quantitative estimate of drug-likeness (QED) is 0.812. The molecule has 17 heavy (non-hydrogen) atoms. The zero-order chi connectivity index (χ0) is 12.3. The van der Waals surface area contributed by atoms with E-state index in [1.165, 1.54) is 10.8 Å². The van der Waals surface area contributed by atoms with Crippen LogP contribution >= 0.6 is 0 Å². The van der Waals surface area contributed by atoms with Gasteiger partial charge in [0.25, 0.3) is 0 Å². The summed E-state index contributed by atoms with van der Waals surface area (Å²) < 4.78 is 6.42. The molecule has 1 aromatic carbocycles. The van der Waals surface area contributed by atoms with Crippen LogP contribution in [0.4, 0.5) is 0 Å². The molecule has 0 aliphatic heterocycles. The van der Waals surface area contributed by atoms with Gasteiger partial charge in [-0.2, -0.15) is 0 Å². The summed E-state index contributed by atoms with van der Waals surface area (Å²) in [5.41, 5.74) is 0.347. The van der Waals surface area contributed by atoms with Gasteiger partial charge in [0.2, 0.25) is 0 Å². The second-order valence-corrected chi connectivity index (χ2v) is 3.31. The maximum Gasteiger partial charge on any atom is 0.341 e. The average Bonchev–Trinajstić information content (AvgIpc) is 2.73. The van der Waals surface area contributed by atoms with Crippen LogP contribution in [0.5, 0.6) is 5.75 Å². The molecule has 1 aromatic heterocycles. The molecule has 0 bridgehead atoms. The Labute approximate surface area is 96.1 Å². The lowest BCUT2D eigenvalue weighted by atomic mass is 10.3. The van der Waals surface area contributed by atoms with E-state index in [9.17, 15) is 9.59 Å². The zero-order valence-corrected chi connectivity index (χ0v) is 8.79. The minimum Gasteiger partial charge on any atom is -0.482 e. The third-order valence-electron chi connectivity index (χ3n) is 2.11. The predicted molar refractivity (Wildman–Crippen MR) is 59.5 cm³/mol. The van der Waals surface area contributed by atoms with Crippen molar-refractivity contribution in [3.8, 4) is 11.4 Å². The van der Waals surface area contributed by atoms with Crippen LogP contribution in [0.2, 0.25) is 0 Å². The summed E-state index contributed by atoms with van der Waals surface area (Å²) in [5, 5.41) is 8.49. The van der Waals surface area contributed by atoms with Gasteiger partial charge in [-0.25, -0.2) is 9.59 Å². The van der Waals surface area contributed by atoms with E-state index in [1.807, 2.05) is 0 Å². The Morgan fingerprint density at radius 3 is 2.94 bits per heavy atom. The first-order valence-electron chi connectivity index (χ1n) is 4.88. The number of carboxylic acids is 1. The van der Waals surface area contributed by atoms with Crippen molar-refractivity contribution in [2.75, 3.05) is 6.61 Å². The first kappa shape index (κ1) is 11.0. The number of H-pyrrole nitrogens is 1. The highest BCUT2D eigenvalue weighted by atomic mass is 16.5. The second kappa shape index (κ2) is 4.56. The summed E-state index contributed by atoms with van der Waals surface area (Å²) in [6.45, 7) is -0.411. The van der Waals surface area contributed by atoms with E-state index < -0.39 is 12.6 Å². The maximum atomic E-state index is 11.4. The topological polar surface area (TPSA) is 84.3 Å². The molecule has 0 atom stereocenters. The van der Waals surface area contributed by atoms with Crippen LogP contribution in [0.3, 0.4) is 0 Å². The van der Waals surface area contributed by atoms with Crippen molar-refractivity contribution in [2.45, 2.75) is 0 Å². The summed E-state index contributed by atoms with van der Waals surface area (Å²) in [7, 11) is 0. The largest absolute Gasteiger partial charge is 0.482 e. The van der Waals surface area contributed by atoms with E-state index in [0.717, 1.165) is 0 Å². The summed E-state index contributed by atoms with van der Waals surface area (Å²) in [5.74, 6) is -0.646. The van der Waals surface area contributed by atoms with E-state index in [4.69, 9.17) is 9.84 Å². The Bertz CT molecular complexity index is 585. The van der Waals surface area contributed by atoms with Crippen molar-refractivity contribution < 1.29 is 14.6 Å². The first-order valence-corrected chi connectivity index (χ1v) is 4.88. The fourth-order valence-electron chi connectivity index (χ4n) is 1.39. The Hall–Kier alpha value is -2.50. The van der Waals surface area contributed by atoms with Crippen LogP contribution in [0, 0.1) is 0 Å². The molecule has 0 radical (unpaired) electrons. The van der Waals surface area contributed by atoms with Gasteiger partial charge in [0.1, 0.15) is 5.75 Å². The number of imidazole rings is 1. The number of aliphatic carboxylic acids is 1. The van der Waals surface area contributed by atoms with Crippen LogP contribution in [0.15, 0.2) is 41.5 Å². The Morgan fingerprint density at radius 1 is 1.47 bits per heavy atom. The molecule has 6 heteroatoms. The minimum absolute atomic E-state index is 0.264. The monoisotopic (exact) mass is 234 g/mol. The van der Waals surface area contributed by atoms with Crippen molar-refractivity contribution in [2.24, 2.45) is 0 Å². The normalized spacial score (nSPS) is 10.1. The molecule has 2 aromatic rings. The average molecular weight is 234 g/mol. The SMILES string of the molecule is O=C(O)COc1cccc(-n2cc[nH]c2=O)c1. The van der Waals surface area contributed by atoms with E-state index in [-0.39, 0.29) is 5.69 Å². The fourth-order valence-corrected chi connectivity index (χ4v) is 1.39. The number of nitrogens with zero attached hydrogens (tertiary/aromatic N) is 1. The zero-order valence-electron chi connectivity index (χ0n) is 8.79. The second-order valence-electron chi connectivity index (χ2n) is 3.31. The van der Waals surface area contributed by atoms with Crippen LogP contribution in [0.25, 0.3) is 5.69 Å². The predicted octanol–water partition coefficient (Wildman–Crippen LogP) is 0.629. The number of aromatic amines is 1. The molecule has 88 valence electrons. The molecule has 2 N–H and O–H groups in total. The minimum atomic E-state index is -1.05. The lowest BCUT2D eigenvalue weighted by Crippen LogP contribution is -2.14. The highest BCUT2D eigenvalue weighted by Crippen LogP contribution is 2.15. The number of rotatable bonds is 4. The Balaban J connectivity index is 2.26. The van der Waals surface area contributed by atoms with E-state index in [2.05, 4.69) is 4.98 Å². The summed E-state index contributed by atoms with van der Waals surface area (Å²) in [6, 6.07) is 6.64. The van der Waals surface area contributed by atoms with Gasteiger partial charge in [-0.1, -0.05) is 6.07 Å². The van der Waals surface area contributed by atoms with Crippen molar-refractivity contribution >= 4 is 5.97 Å². The smallest absolute Gasteiger partial charge is 0.341 e. The molecule has 0 spiro atoms. The van der Waals surface area contributed by atoms with Crippen LogP contribution in [-0.2, 0) is 4.79 Å². The summed E-state index contributed by atoms with van der Waals surface area (Å²) in [4.78, 5) is 24.2. The molecule has 0 aliphatic carbocycles. The highest BCUT2D eigenvalue weighted by molar-refractivity contribution is 5.68. The van der Waals surface area contributed by atoms with Crippen molar-refractivity contribution in [3.63, 3.8) is 0 Å². The first-order chi connectivity index (χ1) is 8.16. The van der Waals surface area contributed by atoms with Gasteiger partial charge >= 0.3 is 11.7 Å². The Kier molecular flexibility index (Phi) is 2.95. The van der Waals surface area contributed by atoms with Gasteiger partial charge in [0.05, 0.1) is 5.69 Å². The molecule has 0 fully saturated rings. The van der Waals surface area contributed by atoms with Crippen molar-refractivity contribution in [1.82, 2.24) is 9.55 Å².